The second-order valence-electron chi connectivity index (χ2n) is 4.23. The quantitative estimate of drug-likeness (QED) is 0.787. The minimum Gasteiger partial charge on any atom is -0.382 e. The number of anilines is 1. The summed E-state index contributed by atoms with van der Waals surface area (Å²) >= 11 is 6.02. The Morgan fingerprint density at radius 2 is 1.81 bits per heavy atom. The molecule has 0 fully saturated rings. The Labute approximate surface area is 124 Å². The van der Waals surface area contributed by atoms with Gasteiger partial charge >= 0.3 is 0 Å². The Morgan fingerprint density at radius 1 is 1.05 bits per heavy atom. The van der Waals surface area contributed by atoms with E-state index in [4.69, 9.17) is 17.3 Å². The fraction of sp³-hybridized carbons (Fsp3) is 0. The number of halogens is 2. The lowest BCUT2D eigenvalue weighted by Gasteiger charge is -2.11. The molecule has 104 valence electrons. The third-order valence-corrected chi connectivity index (χ3v) is 3.20. The molecular formula is C14H9ClFN5. The van der Waals surface area contributed by atoms with Gasteiger partial charge in [-0.05, 0) is 12.1 Å². The first-order valence-corrected chi connectivity index (χ1v) is 6.36. The number of nitrogens with zero attached hydrogens (tertiary/aromatic N) is 4. The number of pyridine rings is 2. The van der Waals surface area contributed by atoms with Crippen LogP contribution in [0.1, 0.15) is 0 Å². The molecule has 0 amide bonds. The van der Waals surface area contributed by atoms with E-state index >= 15 is 0 Å². The predicted octanol–water partition coefficient (Wildman–Crippen LogP) is 2.98. The molecule has 0 aliphatic heterocycles. The molecule has 21 heavy (non-hydrogen) atoms. The molecule has 3 aromatic heterocycles. The van der Waals surface area contributed by atoms with Crippen LogP contribution in [0.3, 0.4) is 0 Å². The molecule has 3 heterocycles. The highest BCUT2D eigenvalue weighted by Gasteiger charge is 2.16. The van der Waals surface area contributed by atoms with Crippen molar-refractivity contribution in [2.45, 2.75) is 0 Å². The Kier molecular flexibility index (Phi) is 3.45. The molecule has 0 radical (unpaired) electrons. The molecule has 0 spiro atoms. The monoisotopic (exact) mass is 301 g/mol. The molecule has 0 aromatic carbocycles. The van der Waals surface area contributed by atoms with Crippen molar-refractivity contribution < 1.29 is 4.39 Å². The second-order valence-corrected chi connectivity index (χ2v) is 4.64. The summed E-state index contributed by atoms with van der Waals surface area (Å²) in [6, 6.07) is 3.12. The van der Waals surface area contributed by atoms with Crippen LogP contribution in [0.4, 0.5) is 10.2 Å². The van der Waals surface area contributed by atoms with E-state index in [-0.39, 0.29) is 10.8 Å². The summed E-state index contributed by atoms with van der Waals surface area (Å²) in [6.45, 7) is 0. The van der Waals surface area contributed by atoms with E-state index in [1.165, 1.54) is 12.5 Å². The summed E-state index contributed by atoms with van der Waals surface area (Å²) in [5.74, 6) is -0.313. The van der Waals surface area contributed by atoms with Gasteiger partial charge in [-0.2, -0.15) is 0 Å². The van der Waals surface area contributed by atoms with Crippen molar-refractivity contribution in [2.75, 3.05) is 5.73 Å². The van der Waals surface area contributed by atoms with E-state index in [2.05, 4.69) is 19.9 Å². The van der Waals surface area contributed by atoms with Crippen molar-refractivity contribution in [3.05, 3.63) is 54.1 Å². The van der Waals surface area contributed by atoms with Crippen LogP contribution in [0.25, 0.3) is 22.4 Å². The number of nitrogens with two attached hydrogens (primary N) is 1. The van der Waals surface area contributed by atoms with Crippen molar-refractivity contribution >= 4 is 17.4 Å². The zero-order chi connectivity index (χ0) is 14.8. The first kappa shape index (κ1) is 13.4. The van der Waals surface area contributed by atoms with Crippen molar-refractivity contribution in [3.63, 3.8) is 0 Å². The van der Waals surface area contributed by atoms with Gasteiger partial charge in [0.1, 0.15) is 18.0 Å². The summed E-state index contributed by atoms with van der Waals surface area (Å²) in [5, 5.41) is 0.252. The molecule has 2 N–H and O–H groups in total. The third kappa shape index (κ3) is 2.53. The van der Waals surface area contributed by atoms with Gasteiger partial charge in [-0.25, -0.2) is 19.3 Å². The van der Waals surface area contributed by atoms with Gasteiger partial charge < -0.3 is 5.73 Å². The highest BCUT2D eigenvalue weighted by atomic mass is 35.5. The van der Waals surface area contributed by atoms with Gasteiger partial charge in [0.05, 0.1) is 16.9 Å². The Balaban J connectivity index is 2.30. The molecule has 0 saturated carbocycles. The molecular weight excluding hydrogens is 293 g/mol. The highest BCUT2D eigenvalue weighted by Crippen LogP contribution is 2.35. The molecule has 0 aliphatic rings. The first-order valence-electron chi connectivity index (χ1n) is 5.98. The fourth-order valence-corrected chi connectivity index (χ4v) is 2.09. The number of hydrogen-bond donors (Lipinski definition) is 1. The lowest BCUT2D eigenvalue weighted by atomic mass is 10.0. The second kappa shape index (κ2) is 5.41. The van der Waals surface area contributed by atoms with Gasteiger partial charge in [0.2, 0.25) is 0 Å². The van der Waals surface area contributed by atoms with Crippen molar-refractivity contribution in [3.8, 4) is 22.4 Å². The maximum atomic E-state index is 14.0. The van der Waals surface area contributed by atoms with Crippen LogP contribution in [-0.4, -0.2) is 19.9 Å². The molecule has 5 nitrogen and oxygen atoms in total. The normalized spacial score (nSPS) is 10.6. The number of nitrogen functional groups attached to an aromatic ring is 1. The zero-order valence-corrected chi connectivity index (χ0v) is 11.4. The van der Waals surface area contributed by atoms with Crippen molar-refractivity contribution in [1.29, 1.82) is 0 Å². The van der Waals surface area contributed by atoms with E-state index in [1.807, 2.05) is 0 Å². The summed E-state index contributed by atoms with van der Waals surface area (Å²) in [5.41, 5.74) is 7.67. The van der Waals surface area contributed by atoms with Gasteiger partial charge in [0.25, 0.3) is 0 Å². The van der Waals surface area contributed by atoms with Crippen LogP contribution in [0.15, 0.2) is 43.2 Å². The lowest BCUT2D eigenvalue weighted by molar-refractivity contribution is 0.625. The molecule has 0 saturated heterocycles. The van der Waals surface area contributed by atoms with Gasteiger partial charge in [0, 0.05) is 35.3 Å². The Morgan fingerprint density at radius 3 is 2.52 bits per heavy atom. The fourth-order valence-electron chi connectivity index (χ4n) is 1.94. The third-order valence-electron chi connectivity index (χ3n) is 2.90. The number of aromatic nitrogens is 4. The van der Waals surface area contributed by atoms with Gasteiger partial charge in [-0.1, -0.05) is 11.6 Å². The summed E-state index contributed by atoms with van der Waals surface area (Å²) in [4.78, 5) is 15.9. The van der Waals surface area contributed by atoms with E-state index in [1.54, 1.807) is 24.5 Å². The molecule has 3 aromatic rings. The van der Waals surface area contributed by atoms with E-state index in [9.17, 15) is 4.39 Å². The maximum Gasteiger partial charge on any atom is 0.149 e. The topological polar surface area (TPSA) is 77.6 Å². The van der Waals surface area contributed by atoms with E-state index in [0.29, 0.717) is 22.4 Å². The van der Waals surface area contributed by atoms with Crippen LogP contribution in [-0.2, 0) is 0 Å². The zero-order valence-electron chi connectivity index (χ0n) is 10.7. The molecule has 0 unspecified atom stereocenters. The van der Waals surface area contributed by atoms with Crippen LogP contribution in [0, 0.1) is 5.82 Å². The largest absolute Gasteiger partial charge is 0.382 e. The van der Waals surface area contributed by atoms with Crippen LogP contribution in [0.2, 0.25) is 5.02 Å². The average Bonchev–Trinajstić information content (AvgIpc) is 2.51. The van der Waals surface area contributed by atoms with Crippen LogP contribution < -0.4 is 5.73 Å². The highest BCUT2D eigenvalue weighted by molar-refractivity contribution is 6.33. The lowest BCUT2D eigenvalue weighted by Crippen LogP contribution is -1.98. The number of rotatable bonds is 2. The molecule has 3 rings (SSSR count). The summed E-state index contributed by atoms with van der Waals surface area (Å²) in [7, 11) is 0. The minimum atomic E-state index is -0.474. The van der Waals surface area contributed by atoms with Gasteiger partial charge in [0.15, 0.2) is 0 Å². The maximum absolute atomic E-state index is 14.0. The number of hydrogen-bond acceptors (Lipinski definition) is 5. The standard InChI is InChI=1S/C14H9ClFN5/c15-11-3-10(9-1-2-18-6-12(9)16)13(21-14(11)17)8-4-19-7-20-5-8/h1-7H,(H2,17,21). The van der Waals surface area contributed by atoms with Gasteiger partial charge in [-0.3, -0.25) is 4.98 Å². The molecule has 0 atom stereocenters. The minimum absolute atomic E-state index is 0.161. The Bertz CT molecular complexity index is 795. The summed E-state index contributed by atoms with van der Waals surface area (Å²) in [6.07, 6.45) is 7.17. The van der Waals surface area contributed by atoms with Crippen molar-refractivity contribution in [1.82, 2.24) is 19.9 Å². The van der Waals surface area contributed by atoms with E-state index in [0.717, 1.165) is 6.20 Å². The van der Waals surface area contributed by atoms with E-state index < -0.39 is 5.82 Å². The molecule has 0 bridgehead atoms. The predicted molar refractivity (Wildman–Crippen MR) is 77.9 cm³/mol. The SMILES string of the molecule is Nc1nc(-c2cncnc2)c(-c2ccncc2F)cc1Cl. The smallest absolute Gasteiger partial charge is 0.149 e. The average molecular weight is 302 g/mol. The molecule has 7 heteroatoms. The van der Waals surface area contributed by atoms with Crippen LogP contribution in [0.5, 0.6) is 0 Å². The van der Waals surface area contributed by atoms with Crippen LogP contribution >= 0.6 is 11.6 Å². The first-order chi connectivity index (χ1) is 10.2. The molecule has 0 aliphatic carbocycles. The van der Waals surface area contributed by atoms with Gasteiger partial charge in [-0.15, -0.1) is 0 Å². The Hall–Kier alpha value is -2.60. The van der Waals surface area contributed by atoms with Crippen molar-refractivity contribution in [2.24, 2.45) is 0 Å². The summed E-state index contributed by atoms with van der Waals surface area (Å²) < 4.78 is 14.0.